The average molecular weight is 274 g/mol. The van der Waals surface area contributed by atoms with E-state index in [9.17, 15) is 4.79 Å². The number of hydrogen-bond acceptors (Lipinski definition) is 4. The number of carbonyl (C=O) groups is 1. The molecule has 1 saturated heterocycles. The number of aromatic nitrogens is 1. The second-order valence-corrected chi connectivity index (χ2v) is 5.55. The van der Waals surface area contributed by atoms with E-state index in [4.69, 9.17) is 4.42 Å². The maximum Gasteiger partial charge on any atom is 0.234 e. The Kier molecular flexibility index (Phi) is 3.29. The second-order valence-electron chi connectivity index (χ2n) is 4.48. The molecule has 0 N–H and O–H groups in total. The molecular weight excluding hydrogens is 260 g/mol. The van der Waals surface area contributed by atoms with Crippen LogP contribution in [0.25, 0.3) is 0 Å². The van der Waals surface area contributed by atoms with E-state index in [1.54, 1.807) is 18.0 Å². The Morgan fingerprint density at radius 3 is 3.05 bits per heavy atom. The van der Waals surface area contributed by atoms with Gasteiger partial charge in [-0.2, -0.15) is 0 Å². The Balaban J connectivity index is 1.83. The number of nitrogens with zero attached hydrogens (tertiary/aromatic N) is 2. The monoisotopic (exact) mass is 274 g/mol. The van der Waals surface area contributed by atoms with E-state index in [-0.39, 0.29) is 11.3 Å². The molecule has 0 saturated carbocycles. The number of thioether (sulfide) groups is 1. The van der Waals surface area contributed by atoms with Crippen LogP contribution in [0.5, 0.6) is 0 Å². The van der Waals surface area contributed by atoms with Gasteiger partial charge >= 0.3 is 0 Å². The molecule has 0 spiro atoms. The number of furan rings is 1. The highest BCUT2D eigenvalue weighted by atomic mass is 32.2. The standard InChI is InChI=1S/C14H14N2O2S/c1-10-4-5-12(18-10)8-16-13(17)9-19-14(16)11-3-2-6-15-7-11/h2-7,14H,8-9H2,1H3. The van der Waals surface area contributed by atoms with Gasteiger partial charge in [-0.15, -0.1) is 11.8 Å². The lowest BCUT2D eigenvalue weighted by Crippen LogP contribution is -2.27. The lowest BCUT2D eigenvalue weighted by atomic mass is 10.2. The third-order valence-electron chi connectivity index (χ3n) is 3.06. The third kappa shape index (κ3) is 2.51. The fraction of sp³-hybridized carbons (Fsp3) is 0.286. The summed E-state index contributed by atoms with van der Waals surface area (Å²) in [4.78, 5) is 18.0. The molecule has 98 valence electrons. The van der Waals surface area contributed by atoms with Gasteiger partial charge in [-0.25, -0.2) is 0 Å². The van der Waals surface area contributed by atoms with Crippen molar-refractivity contribution in [2.45, 2.75) is 18.8 Å². The molecule has 5 heteroatoms. The van der Waals surface area contributed by atoms with Gasteiger partial charge < -0.3 is 9.32 Å². The molecule has 1 atom stereocenters. The molecule has 0 bridgehead atoms. The quantitative estimate of drug-likeness (QED) is 0.863. The van der Waals surface area contributed by atoms with E-state index in [0.29, 0.717) is 12.3 Å². The fourth-order valence-corrected chi connectivity index (χ4v) is 3.33. The molecule has 1 fully saturated rings. The third-order valence-corrected chi connectivity index (χ3v) is 4.32. The van der Waals surface area contributed by atoms with Crippen molar-refractivity contribution in [3.8, 4) is 0 Å². The van der Waals surface area contributed by atoms with Crippen molar-refractivity contribution in [2.24, 2.45) is 0 Å². The molecule has 3 rings (SSSR count). The maximum absolute atomic E-state index is 12.0. The van der Waals surface area contributed by atoms with E-state index >= 15 is 0 Å². The van der Waals surface area contributed by atoms with Gasteiger partial charge in [-0.05, 0) is 25.1 Å². The van der Waals surface area contributed by atoms with Crippen LogP contribution in [0.15, 0.2) is 41.1 Å². The molecule has 1 aliphatic rings. The first-order valence-electron chi connectivity index (χ1n) is 6.10. The van der Waals surface area contributed by atoms with Crippen molar-refractivity contribution in [2.75, 3.05) is 5.75 Å². The predicted molar refractivity (Wildman–Crippen MR) is 73.4 cm³/mol. The van der Waals surface area contributed by atoms with Crippen LogP contribution in [0.2, 0.25) is 0 Å². The molecule has 2 aromatic heterocycles. The van der Waals surface area contributed by atoms with Crippen LogP contribution in [0, 0.1) is 6.92 Å². The first-order chi connectivity index (χ1) is 9.24. The molecule has 1 unspecified atom stereocenters. The Labute approximate surface area is 115 Å². The van der Waals surface area contributed by atoms with E-state index in [2.05, 4.69) is 4.98 Å². The smallest absolute Gasteiger partial charge is 0.234 e. The molecule has 0 aliphatic carbocycles. The van der Waals surface area contributed by atoms with E-state index in [1.807, 2.05) is 42.3 Å². The van der Waals surface area contributed by atoms with Gasteiger partial charge in [0.05, 0.1) is 12.3 Å². The molecule has 19 heavy (non-hydrogen) atoms. The number of aryl methyl sites for hydroxylation is 1. The van der Waals surface area contributed by atoms with Gasteiger partial charge in [0.2, 0.25) is 5.91 Å². The molecule has 4 nitrogen and oxygen atoms in total. The molecule has 2 aromatic rings. The molecule has 0 radical (unpaired) electrons. The van der Waals surface area contributed by atoms with Crippen LogP contribution < -0.4 is 0 Å². The predicted octanol–water partition coefficient (Wildman–Crippen LogP) is 2.76. The Hall–Kier alpha value is -1.75. The van der Waals surface area contributed by atoms with Crippen molar-refractivity contribution in [3.05, 3.63) is 53.7 Å². The number of pyridine rings is 1. The molecular formula is C14H14N2O2S. The van der Waals surface area contributed by atoms with Crippen LogP contribution in [-0.4, -0.2) is 21.5 Å². The summed E-state index contributed by atoms with van der Waals surface area (Å²) in [6.45, 7) is 2.42. The molecule has 1 aliphatic heterocycles. The second kappa shape index (κ2) is 5.09. The fourth-order valence-electron chi connectivity index (χ4n) is 2.16. The highest BCUT2D eigenvalue weighted by Gasteiger charge is 2.33. The lowest BCUT2D eigenvalue weighted by molar-refractivity contribution is -0.128. The van der Waals surface area contributed by atoms with Gasteiger partial charge in [-0.3, -0.25) is 9.78 Å². The average Bonchev–Trinajstić information content (AvgIpc) is 2.99. The van der Waals surface area contributed by atoms with Crippen LogP contribution >= 0.6 is 11.8 Å². The number of hydrogen-bond donors (Lipinski definition) is 0. The van der Waals surface area contributed by atoms with Gasteiger partial charge in [0, 0.05) is 18.0 Å². The normalized spacial score (nSPS) is 19.1. The minimum atomic E-state index is 0.0339. The summed E-state index contributed by atoms with van der Waals surface area (Å²) in [6, 6.07) is 7.74. The number of rotatable bonds is 3. The summed E-state index contributed by atoms with van der Waals surface area (Å²) >= 11 is 1.63. The van der Waals surface area contributed by atoms with Crippen molar-refractivity contribution in [1.29, 1.82) is 0 Å². The highest BCUT2D eigenvalue weighted by Crippen LogP contribution is 2.39. The van der Waals surface area contributed by atoms with Crippen molar-refractivity contribution < 1.29 is 9.21 Å². The van der Waals surface area contributed by atoms with Crippen LogP contribution in [0.1, 0.15) is 22.5 Å². The topological polar surface area (TPSA) is 46.3 Å². The van der Waals surface area contributed by atoms with Crippen LogP contribution in [0.4, 0.5) is 0 Å². The Bertz CT molecular complexity index is 582. The lowest BCUT2D eigenvalue weighted by Gasteiger charge is -2.22. The van der Waals surface area contributed by atoms with Gasteiger partial charge in [0.15, 0.2) is 0 Å². The maximum atomic E-state index is 12.0. The van der Waals surface area contributed by atoms with E-state index < -0.39 is 0 Å². The summed E-state index contributed by atoms with van der Waals surface area (Å²) < 4.78 is 5.56. The van der Waals surface area contributed by atoms with Crippen LogP contribution in [-0.2, 0) is 11.3 Å². The zero-order chi connectivity index (χ0) is 13.2. The zero-order valence-electron chi connectivity index (χ0n) is 10.6. The Morgan fingerprint density at radius 1 is 1.47 bits per heavy atom. The highest BCUT2D eigenvalue weighted by molar-refractivity contribution is 8.00. The van der Waals surface area contributed by atoms with E-state index in [1.165, 1.54) is 0 Å². The SMILES string of the molecule is Cc1ccc(CN2C(=O)CSC2c2cccnc2)o1. The molecule has 1 amide bonds. The zero-order valence-corrected chi connectivity index (χ0v) is 11.4. The van der Waals surface area contributed by atoms with Gasteiger partial charge in [0.25, 0.3) is 0 Å². The molecule has 0 aromatic carbocycles. The van der Waals surface area contributed by atoms with Crippen molar-refractivity contribution >= 4 is 17.7 Å². The summed E-state index contributed by atoms with van der Waals surface area (Å²) in [5.41, 5.74) is 1.06. The van der Waals surface area contributed by atoms with Crippen LogP contribution in [0.3, 0.4) is 0 Å². The summed E-state index contributed by atoms with van der Waals surface area (Å²) in [5, 5.41) is 0.0339. The first-order valence-corrected chi connectivity index (χ1v) is 7.15. The summed E-state index contributed by atoms with van der Waals surface area (Å²) in [7, 11) is 0. The summed E-state index contributed by atoms with van der Waals surface area (Å²) in [6.07, 6.45) is 3.56. The first kappa shape index (κ1) is 12.3. The van der Waals surface area contributed by atoms with Crippen molar-refractivity contribution in [3.63, 3.8) is 0 Å². The Morgan fingerprint density at radius 2 is 2.37 bits per heavy atom. The largest absolute Gasteiger partial charge is 0.464 e. The minimum absolute atomic E-state index is 0.0339. The summed E-state index contributed by atoms with van der Waals surface area (Å²) in [5.74, 6) is 2.35. The number of carbonyl (C=O) groups excluding carboxylic acids is 1. The minimum Gasteiger partial charge on any atom is -0.464 e. The van der Waals surface area contributed by atoms with E-state index in [0.717, 1.165) is 17.1 Å². The van der Waals surface area contributed by atoms with Crippen molar-refractivity contribution in [1.82, 2.24) is 9.88 Å². The molecule has 3 heterocycles. The van der Waals surface area contributed by atoms with Gasteiger partial charge in [-0.1, -0.05) is 6.07 Å². The van der Waals surface area contributed by atoms with Gasteiger partial charge in [0.1, 0.15) is 16.9 Å². The number of amides is 1.